The Balaban J connectivity index is 1.35. The van der Waals surface area contributed by atoms with Crippen molar-refractivity contribution in [2.45, 2.75) is 76.4 Å². The minimum Gasteiger partial charge on any atom is -0.495 e. The summed E-state index contributed by atoms with van der Waals surface area (Å²) in [5, 5.41) is 5.52. The molecule has 10 nitrogen and oxygen atoms in total. The number of benzene rings is 1. The maximum absolute atomic E-state index is 12.9. The molecule has 3 aliphatic rings. The van der Waals surface area contributed by atoms with Crippen LogP contribution >= 0.6 is 0 Å². The molecule has 0 radical (unpaired) electrons. The van der Waals surface area contributed by atoms with Gasteiger partial charge in [0.1, 0.15) is 24.1 Å². The van der Waals surface area contributed by atoms with Gasteiger partial charge in [-0.15, -0.1) is 0 Å². The van der Waals surface area contributed by atoms with Crippen molar-refractivity contribution in [1.29, 1.82) is 0 Å². The normalized spacial score (nSPS) is 32.0. The first kappa shape index (κ1) is 22.9. The number of rotatable bonds is 6. The van der Waals surface area contributed by atoms with Gasteiger partial charge >= 0.3 is 0 Å². The van der Waals surface area contributed by atoms with Gasteiger partial charge in [0, 0.05) is 13.0 Å². The number of carbonyl (C=O) groups is 2. The first-order valence-corrected chi connectivity index (χ1v) is 10.7. The summed E-state index contributed by atoms with van der Waals surface area (Å²) in [5.41, 5.74) is 0.565. The van der Waals surface area contributed by atoms with Crippen LogP contribution in [0.4, 0.5) is 5.69 Å². The fourth-order valence-corrected chi connectivity index (χ4v) is 4.18. The van der Waals surface area contributed by atoms with E-state index >= 15 is 0 Å². The van der Waals surface area contributed by atoms with Crippen LogP contribution in [-0.2, 0) is 33.3 Å². The highest BCUT2D eigenvalue weighted by Crippen LogP contribution is 2.44. The summed E-state index contributed by atoms with van der Waals surface area (Å²) in [4.78, 5) is 25.2. The summed E-state index contributed by atoms with van der Waals surface area (Å²) in [5.74, 6) is -1.86. The summed E-state index contributed by atoms with van der Waals surface area (Å²) < 4.78 is 34.8. The summed E-state index contributed by atoms with van der Waals surface area (Å²) in [6.45, 7) is 7.23. The Morgan fingerprint density at radius 3 is 2.38 bits per heavy atom. The Labute approximate surface area is 186 Å². The third kappa shape index (κ3) is 4.74. The van der Waals surface area contributed by atoms with Crippen molar-refractivity contribution in [3.63, 3.8) is 0 Å². The van der Waals surface area contributed by atoms with Gasteiger partial charge < -0.3 is 39.1 Å². The highest BCUT2D eigenvalue weighted by Gasteiger charge is 2.62. The predicted molar refractivity (Wildman–Crippen MR) is 112 cm³/mol. The Bertz CT molecular complexity index is 873. The largest absolute Gasteiger partial charge is 0.495 e. The van der Waals surface area contributed by atoms with Crippen molar-refractivity contribution in [3.8, 4) is 5.75 Å². The second-order valence-corrected chi connectivity index (χ2v) is 8.88. The molecular formula is C22H30N2O8. The van der Waals surface area contributed by atoms with E-state index in [1.54, 1.807) is 45.9 Å². The minimum atomic E-state index is -0.960. The van der Waals surface area contributed by atoms with E-state index in [4.69, 9.17) is 28.4 Å². The zero-order valence-electron chi connectivity index (χ0n) is 18.9. The Kier molecular flexibility index (Phi) is 6.17. The highest BCUT2D eigenvalue weighted by molar-refractivity contribution is 5.92. The standard InChI is InChI=1S/C22H30N2O8/c1-21(2)29-15-16(30-21)18-20(32-22(3,4)31-18)28-17(15)19(26)23-11-10-14(25)24-12-8-6-7-9-13(12)27-5/h6-9,15-18,20H,10-11H2,1-5H3,(H,23,26)(H,24,25)/t15-,16+,17-,18-,20-/m1/s1. The molecule has 0 aromatic heterocycles. The van der Waals surface area contributed by atoms with E-state index in [0.717, 1.165) is 0 Å². The fraction of sp³-hybridized carbons (Fsp3) is 0.636. The molecule has 2 N–H and O–H groups in total. The molecule has 3 aliphatic heterocycles. The van der Waals surface area contributed by atoms with Crippen LogP contribution in [0.5, 0.6) is 5.75 Å². The maximum atomic E-state index is 12.9. The van der Waals surface area contributed by atoms with E-state index in [1.165, 1.54) is 7.11 Å². The molecule has 0 saturated carbocycles. The number of hydrogen-bond acceptors (Lipinski definition) is 8. The molecule has 10 heteroatoms. The number of carbonyl (C=O) groups excluding carboxylic acids is 2. The van der Waals surface area contributed by atoms with Crippen LogP contribution in [0.15, 0.2) is 24.3 Å². The third-order valence-corrected chi connectivity index (χ3v) is 5.45. The van der Waals surface area contributed by atoms with Crippen LogP contribution in [-0.4, -0.2) is 67.7 Å². The van der Waals surface area contributed by atoms with Gasteiger partial charge in [-0.2, -0.15) is 0 Å². The lowest BCUT2D eigenvalue weighted by molar-refractivity contribution is -0.231. The van der Waals surface area contributed by atoms with Crippen LogP contribution in [0.2, 0.25) is 0 Å². The second-order valence-electron chi connectivity index (χ2n) is 8.88. The van der Waals surface area contributed by atoms with Gasteiger partial charge in [0.2, 0.25) is 5.91 Å². The summed E-state index contributed by atoms with van der Waals surface area (Å²) in [6.07, 6.45) is -3.33. The lowest BCUT2D eigenvalue weighted by Gasteiger charge is -2.36. The van der Waals surface area contributed by atoms with Gasteiger partial charge in [0.25, 0.3) is 5.91 Å². The van der Waals surface area contributed by atoms with Crippen LogP contribution in [0.1, 0.15) is 34.1 Å². The molecule has 32 heavy (non-hydrogen) atoms. The zero-order valence-corrected chi connectivity index (χ0v) is 18.9. The number of hydrogen-bond donors (Lipinski definition) is 2. The summed E-state index contributed by atoms with van der Waals surface area (Å²) in [7, 11) is 1.53. The molecule has 3 heterocycles. The monoisotopic (exact) mass is 450 g/mol. The van der Waals surface area contributed by atoms with Crippen LogP contribution in [0.25, 0.3) is 0 Å². The van der Waals surface area contributed by atoms with E-state index in [0.29, 0.717) is 11.4 Å². The average molecular weight is 450 g/mol. The Hall–Kier alpha value is -2.24. The van der Waals surface area contributed by atoms with Crippen LogP contribution < -0.4 is 15.4 Å². The second kappa shape index (κ2) is 8.60. The van der Waals surface area contributed by atoms with E-state index in [1.807, 2.05) is 6.07 Å². The van der Waals surface area contributed by atoms with E-state index in [2.05, 4.69) is 10.6 Å². The number of nitrogens with one attached hydrogen (secondary N) is 2. The van der Waals surface area contributed by atoms with E-state index < -0.39 is 48.2 Å². The number of para-hydroxylation sites is 2. The van der Waals surface area contributed by atoms with E-state index in [9.17, 15) is 9.59 Å². The fourth-order valence-electron chi connectivity index (χ4n) is 4.18. The summed E-state index contributed by atoms with van der Waals surface area (Å²) >= 11 is 0. The van der Waals surface area contributed by atoms with Gasteiger partial charge in [-0.05, 0) is 39.8 Å². The smallest absolute Gasteiger partial charge is 0.252 e. The highest BCUT2D eigenvalue weighted by atomic mass is 16.9. The zero-order chi connectivity index (χ0) is 23.1. The molecule has 3 saturated heterocycles. The van der Waals surface area contributed by atoms with Crippen LogP contribution in [0, 0.1) is 0 Å². The number of anilines is 1. The number of ether oxygens (including phenoxy) is 6. The minimum absolute atomic E-state index is 0.0755. The van der Waals surface area contributed by atoms with Crippen molar-refractivity contribution in [1.82, 2.24) is 5.32 Å². The maximum Gasteiger partial charge on any atom is 0.252 e. The van der Waals surface area contributed by atoms with Crippen molar-refractivity contribution in [3.05, 3.63) is 24.3 Å². The lowest BCUT2D eigenvalue weighted by atomic mass is 9.98. The molecule has 0 spiro atoms. The average Bonchev–Trinajstić information content (AvgIpc) is 3.21. The topological polar surface area (TPSA) is 114 Å². The molecule has 5 atom stereocenters. The van der Waals surface area contributed by atoms with Gasteiger partial charge in [0.05, 0.1) is 12.8 Å². The third-order valence-electron chi connectivity index (χ3n) is 5.45. The van der Waals surface area contributed by atoms with Gasteiger partial charge in [-0.1, -0.05) is 12.1 Å². The predicted octanol–water partition coefficient (Wildman–Crippen LogP) is 1.54. The molecule has 3 fully saturated rings. The Morgan fingerprint density at radius 1 is 0.969 bits per heavy atom. The first-order valence-electron chi connectivity index (χ1n) is 10.7. The molecule has 0 unspecified atom stereocenters. The Morgan fingerprint density at radius 2 is 1.62 bits per heavy atom. The first-order chi connectivity index (χ1) is 15.1. The molecule has 0 bridgehead atoms. The molecular weight excluding hydrogens is 420 g/mol. The van der Waals surface area contributed by atoms with Crippen LogP contribution in [0.3, 0.4) is 0 Å². The molecule has 1 aromatic carbocycles. The van der Waals surface area contributed by atoms with Gasteiger partial charge in [-0.3, -0.25) is 9.59 Å². The van der Waals surface area contributed by atoms with E-state index in [-0.39, 0.29) is 18.9 Å². The lowest BCUT2D eigenvalue weighted by Crippen LogP contribution is -2.59. The van der Waals surface area contributed by atoms with Crippen molar-refractivity contribution in [2.75, 3.05) is 19.0 Å². The van der Waals surface area contributed by atoms with Crippen molar-refractivity contribution in [2.24, 2.45) is 0 Å². The van der Waals surface area contributed by atoms with Crippen molar-refractivity contribution < 1.29 is 38.0 Å². The quantitative estimate of drug-likeness (QED) is 0.671. The molecule has 2 amide bonds. The SMILES string of the molecule is COc1ccccc1NC(=O)CCNC(=O)[C@@H]1O[C@@H]2OC(C)(C)O[C@@H]2[C@H]2OC(C)(C)O[C@H]21. The summed E-state index contributed by atoms with van der Waals surface area (Å²) in [6, 6.07) is 7.10. The number of methoxy groups -OCH3 is 1. The molecule has 0 aliphatic carbocycles. The molecule has 176 valence electrons. The van der Waals surface area contributed by atoms with Gasteiger partial charge in [0.15, 0.2) is 24.0 Å². The molecule has 4 rings (SSSR count). The van der Waals surface area contributed by atoms with Gasteiger partial charge in [-0.25, -0.2) is 0 Å². The number of amides is 2. The molecule has 1 aromatic rings. The number of fused-ring (bicyclic) bond motifs is 3. The van der Waals surface area contributed by atoms with Crippen molar-refractivity contribution >= 4 is 17.5 Å².